The minimum atomic E-state index is -0.314. The molecule has 9 heteroatoms. The van der Waals surface area contributed by atoms with Crippen LogP contribution in [0.15, 0.2) is 36.5 Å². The number of nitrogens with zero attached hydrogens (tertiary/aromatic N) is 4. The number of piperazine rings is 1. The fraction of sp³-hybridized carbons (Fsp3) is 0.455. The number of rotatable bonds is 4. The van der Waals surface area contributed by atoms with E-state index < -0.39 is 0 Å². The van der Waals surface area contributed by atoms with Gasteiger partial charge in [0.05, 0.1) is 29.2 Å². The summed E-state index contributed by atoms with van der Waals surface area (Å²) in [5.74, 6) is 0.0635. The maximum Gasteiger partial charge on any atom is 0.409 e. The minimum absolute atomic E-state index is 0.0635. The molecule has 0 radical (unpaired) electrons. The molecule has 2 aliphatic heterocycles. The van der Waals surface area contributed by atoms with Crippen LogP contribution in [0.2, 0.25) is 10.0 Å². The van der Waals surface area contributed by atoms with E-state index in [-0.39, 0.29) is 18.0 Å². The zero-order valence-corrected chi connectivity index (χ0v) is 19.0. The van der Waals surface area contributed by atoms with E-state index in [1.807, 2.05) is 23.1 Å². The lowest BCUT2D eigenvalue weighted by Crippen LogP contribution is -2.53. The predicted molar refractivity (Wildman–Crippen MR) is 119 cm³/mol. The van der Waals surface area contributed by atoms with E-state index >= 15 is 0 Å². The number of aromatic nitrogens is 1. The van der Waals surface area contributed by atoms with Gasteiger partial charge in [0, 0.05) is 51.2 Å². The molecule has 2 amide bonds. The highest BCUT2D eigenvalue weighted by Crippen LogP contribution is 2.35. The molecular weight excluding hydrogens is 439 g/mol. The zero-order chi connectivity index (χ0) is 22.0. The molecule has 3 heterocycles. The number of hydrogen-bond acceptors (Lipinski definition) is 4. The molecule has 1 fully saturated rings. The number of hydrogen-bond donors (Lipinski definition) is 0. The van der Waals surface area contributed by atoms with Crippen molar-refractivity contribution in [3.05, 3.63) is 57.8 Å². The molecule has 1 aromatic carbocycles. The van der Waals surface area contributed by atoms with E-state index in [0.29, 0.717) is 49.4 Å². The third-order valence-corrected chi connectivity index (χ3v) is 6.63. The maximum atomic E-state index is 13.1. The number of amides is 2. The Morgan fingerprint density at radius 1 is 1.00 bits per heavy atom. The SMILES string of the molecule is CCOC(=O)N1CCN(C(=O)CN2CCn3cccc3C2c2ccc(Cl)c(Cl)c2)CC1. The van der Waals surface area contributed by atoms with Crippen LogP contribution in [-0.2, 0) is 16.1 Å². The van der Waals surface area contributed by atoms with Gasteiger partial charge in [-0.2, -0.15) is 0 Å². The number of halogens is 2. The lowest BCUT2D eigenvalue weighted by molar-refractivity contribution is -0.134. The summed E-state index contributed by atoms with van der Waals surface area (Å²) >= 11 is 12.4. The van der Waals surface area contributed by atoms with Crippen LogP contribution in [0.3, 0.4) is 0 Å². The van der Waals surface area contributed by atoms with Gasteiger partial charge in [-0.3, -0.25) is 9.69 Å². The molecule has 1 saturated heterocycles. The van der Waals surface area contributed by atoms with Crippen LogP contribution < -0.4 is 0 Å². The average molecular weight is 465 g/mol. The summed E-state index contributed by atoms with van der Waals surface area (Å²) in [5.41, 5.74) is 2.14. The summed E-state index contributed by atoms with van der Waals surface area (Å²) in [7, 11) is 0. The van der Waals surface area contributed by atoms with E-state index in [1.54, 1.807) is 17.9 Å². The average Bonchev–Trinajstić information content (AvgIpc) is 3.25. The smallest absolute Gasteiger partial charge is 0.409 e. The maximum absolute atomic E-state index is 13.1. The van der Waals surface area contributed by atoms with Crippen molar-refractivity contribution in [2.45, 2.75) is 19.5 Å². The molecule has 0 N–H and O–H groups in total. The summed E-state index contributed by atoms with van der Waals surface area (Å²) in [6.45, 7) is 6.02. The number of carbonyl (C=O) groups excluding carboxylic acids is 2. The van der Waals surface area contributed by atoms with E-state index in [2.05, 4.69) is 21.7 Å². The highest BCUT2D eigenvalue weighted by Gasteiger charge is 2.32. The molecule has 2 aliphatic rings. The monoisotopic (exact) mass is 464 g/mol. The first kappa shape index (κ1) is 22.0. The second-order valence-electron chi connectivity index (χ2n) is 7.74. The molecule has 0 bridgehead atoms. The zero-order valence-electron chi connectivity index (χ0n) is 17.5. The Kier molecular flexibility index (Phi) is 6.74. The number of benzene rings is 1. The Balaban J connectivity index is 1.47. The van der Waals surface area contributed by atoms with E-state index in [4.69, 9.17) is 27.9 Å². The van der Waals surface area contributed by atoms with Gasteiger partial charge in [0.2, 0.25) is 5.91 Å². The minimum Gasteiger partial charge on any atom is -0.450 e. The molecule has 1 atom stereocenters. The van der Waals surface area contributed by atoms with Gasteiger partial charge < -0.3 is 19.1 Å². The highest BCUT2D eigenvalue weighted by atomic mass is 35.5. The highest BCUT2D eigenvalue weighted by molar-refractivity contribution is 6.42. The van der Waals surface area contributed by atoms with Crippen LogP contribution in [0.5, 0.6) is 0 Å². The first-order chi connectivity index (χ1) is 15.0. The van der Waals surface area contributed by atoms with Crippen molar-refractivity contribution in [3.8, 4) is 0 Å². The lowest BCUT2D eigenvalue weighted by Gasteiger charge is -2.39. The van der Waals surface area contributed by atoms with Gasteiger partial charge in [0.25, 0.3) is 0 Å². The van der Waals surface area contributed by atoms with Crippen LogP contribution in [0.25, 0.3) is 0 Å². The van der Waals surface area contributed by atoms with Gasteiger partial charge in [-0.1, -0.05) is 29.3 Å². The molecule has 2 aromatic rings. The Labute approximate surface area is 192 Å². The number of fused-ring (bicyclic) bond motifs is 1. The molecule has 166 valence electrons. The molecule has 1 unspecified atom stereocenters. The Morgan fingerprint density at radius 3 is 2.45 bits per heavy atom. The fourth-order valence-corrected chi connectivity index (χ4v) is 4.60. The van der Waals surface area contributed by atoms with Gasteiger partial charge in [-0.25, -0.2) is 4.79 Å². The second kappa shape index (κ2) is 9.51. The van der Waals surface area contributed by atoms with Gasteiger partial charge in [-0.15, -0.1) is 0 Å². The first-order valence-corrected chi connectivity index (χ1v) is 11.3. The van der Waals surface area contributed by atoms with E-state index in [1.165, 1.54) is 0 Å². The number of carbonyl (C=O) groups is 2. The standard InChI is InChI=1S/C22H26Cl2N4O3/c1-2-31-22(30)27-11-9-26(10-12-27)20(29)15-28-13-8-25-7-3-4-19(25)21(28)16-5-6-17(23)18(24)14-16/h3-7,14,21H,2,8-13,15H2,1H3. The third-order valence-electron chi connectivity index (χ3n) is 5.89. The second-order valence-corrected chi connectivity index (χ2v) is 8.55. The molecule has 4 rings (SSSR count). The van der Waals surface area contributed by atoms with Crippen LogP contribution in [0, 0.1) is 0 Å². The van der Waals surface area contributed by atoms with Gasteiger partial charge in [0.15, 0.2) is 0 Å². The van der Waals surface area contributed by atoms with Crippen LogP contribution in [0.4, 0.5) is 4.79 Å². The first-order valence-electron chi connectivity index (χ1n) is 10.5. The Morgan fingerprint density at radius 2 is 1.74 bits per heavy atom. The Hall–Kier alpha value is -2.22. The fourth-order valence-electron chi connectivity index (χ4n) is 4.29. The van der Waals surface area contributed by atoms with Crippen molar-refractivity contribution in [2.75, 3.05) is 45.9 Å². The summed E-state index contributed by atoms with van der Waals surface area (Å²) in [4.78, 5) is 30.7. The molecule has 7 nitrogen and oxygen atoms in total. The summed E-state index contributed by atoms with van der Waals surface area (Å²) in [6, 6.07) is 9.68. The molecule has 1 aromatic heterocycles. The van der Waals surface area contributed by atoms with Crippen LogP contribution in [-0.4, -0.2) is 77.1 Å². The quantitative estimate of drug-likeness (QED) is 0.694. The molecular formula is C22H26Cl2N4O3. The normalized spacial score (nSPS) is 19.3. The van der Waals surface area contributed by atoms with Crippen LogP contribution >= 0.6 is 23.2 Å². The van der Waals surface area contributed by atoms with Crippen molar-refractivity contribution in [3.63, 3.8) is 0 Å². The molecule has 0 spiro atoms. The summed E-state index contributed by atoms with van der Waals surface area (Å²) in [6.07, 6.45) is 1.75. The van der Waals surface area contributed by atoms with Crippen molar-refractivity contribution < 1.29 is 14.3 Å². The molecule has 0 aliphatic carbocycles. The topological polar surface area (TPSA) is 58.0 Å². The van der Waals surface area contributed by atoms with Gasteiger partial charge in [0.1, 0.15) is 0 Å². The van der Waals surface area contributed by atoms with Crippen molar-refractivity contribution in [1.29, 1.82) is 0 Å². The van der Waals surface area contributed by atoms with Gasteiger partial charge >= 0.3 is 6.09 Å². The van der Waals surface area contributed by atoms with Gasteiger partial charge in [-0.05, 0) is 36.8 Å². The number of ether oxygens (including phenoxy) is 1. The van der Waals surface area contributed by atoms with Crippen LogP contribution in [0.1, 0.15) is 24.2 Å². The lowest BCUT2D eigenvalue weighted by atomic mass is 10.00. The Bertz CT molecular complexity index is 956. The molecule has 0 saturated carbocycles. The molecule has 31 heavy (non-hydrogen) atoms. The third kappa shape index (κ3) is 4.68. The van der Waals surface area contributed by atoms with Crippen molar-refractivity contribution in [1.82, 2.24) is 19.3 Å². The predicted octanol–water partition coefficient (Wildman–Crippen LogP) is 3.50. The van der Waals surface area contributed by atoms with Crippen molar-refractivity contribution >= 4 is 35.2 Å². The summed E-state index contributed by atoms with van der Waals surface area (Å²) in [5, 5.41) is 1.02. The van der Waals surface area contributed by atoms with E-state index in [9.17, 15) is 9.59 Å². The van der Waals surface area contributed by atoms with E-state index in [0.717, 1.165) is 24.3 Å². The van der Waals surface area contributed by atoms with Crippen molar-refractivity contribution in [2.24, 2.45) is 0 Å². The largest absolute Gasteiger partial charge is 0.450 e. The summed E-state index contributed by atoms with van der Waals surface area (Å²) < 4.78 is 7.27.